The first-order chi connectivity index (χ1) is 6.33. The van der Waals surface area contributed by atoms with Gasteiger partial charge >= 0.3 is 0 Å². The average molecular weight is 182 g/mol. The lowest BCUT2D eigenvalue weighted by Crippen LogP contribution is -2.45. The van der Waals surface area contributed by atoms with Crippen LogP contribution < -0.4 is 10.6 Å². The quantitative estimate of drug-likeness (QED) is 0.634. The van der Waals surface area contributed by atoms with E-state index in [1.54, 1.807) is 6.08 Å². The molecular formula is C10H18N2O. The summed E-state index contributed by atoms with van der Waals surface area (Å²) < 4.78 is 0. The molecule has 0 radical (unpaired) electrons. The first kappa shape index (κ1) is 10.3. The van der Waals surface area contributed by atoms with Crippen molar-refractivity contribution in [2.24, 2.45) is 0 Å². The molecule has 3 nitrogen and oxygen atoms in total. The molecule has 1 amide bonds. The van der Waals surface area contributed by atoms with Gasteiger partial charge < -0.3 is 10.6 Å². The molecule has 1 fully saturated rings. The fourth-order valence-corrected chi connectivity index (χ4v) is 1.45. The molecule has 0 aromatic rings. The van der Waals surface area contributed by atoms with E-state index in [4.69, 9.17) is 0 Å². The fraction of sp³-hybridized carbons (Fsp3) is 0.700. The Hall–Kier alpha value is -0.830. The summed E-state index contributed by atoms with van der Waals surface area (Å²) in [6.45, 7) is 4.01. The minimum atomic E-state index is 0.0375. The van der Waals surface area contributed by atoms with Crippen molar-refractivity contribution in [3.63, 3.8) is 0 Å². The fourth-order valence-electron chi connectivity index (χ4n) is 1.45. The molecule has 0 bridgehead atoms. The van der Waals surface area contributed by atoms with Crippen LogP contribution >= 0.6 is 0 Å². The zero-order valence-corrected chi connectivity index (χ0v) is 8.18. The van der Waals surface area contributed by atoms with Gasteiger partial charge in [0.25, 0.3) is 0 Å². The van der Waals surface area contributed by atoms with E-state index in [1.165, 1.54) is 0 Å². The summed E-state index contributed by atoms with van der Waals surface area (Å²) in [4.78, 5) is 11.2. The van der Waals surface area contributed by atoms with E-state index in [9.17, 15) is 4.79 Å². The number of carbonyl (C=O) groups is 1. The van der Waals surface area contributed by atoms with Gasteiger partial charge in [0.1, 0.15) is 0 Å². The van der Waals surface area contributed by atoms with Gasteiger partial charge in [0, 0.05) is 12.6 Å². The molecule has 0 aromatic heterocycles. The molecule has 0 spiro atoms. The van der Waals surface area contributed by atoms with Crippen molar-refractivity contribution >= 4 is 5.91 Å². The second-order valence-electron chi connectivity index (χ2n) is 3.36. The minimum Gasteiger partial charge on any atom is -0.349 e. The zero-order chi connectivity index (χ0) is 9.52. The van der Waals surface area contributed by atoms with Gasteiger partial charge in [0.2, 0.25) is 5.91 Å². The monoisotopic (exact) mass is 182 g/mol. The number of carbonyl (C=O) groups excluding carboxylic acids is 1. The molecular weight excluding hydrogens is 164 g/mol. The second kappa shape index (κ2) is 5.75. The van der Waals surface area contributed by atoms with E-state index in [1.807, 2.05) is 13.0 Å². The lowest BCUT2D eigenvalue weighted by molar-refractivity contribution is -0.117. The van der Waals surface area contributed by atoms with Gasteiger partial charge in [-0.05, 0) is 31.9 Å². The maximum absolute atomic E-state index is 11.2. The van der Waals surface area contributed by atoms with Crippen LogP contribution in [0.5, 0.6) is 0 Å². The molecule has 1 aliphatic heterocycles. The molecule has 74 valence electrons. The summed E-state index contributed by atoms with van der Waals surface area (Å²) in [5, 5.41) is 6.22. The molecule has 1 aliphatic rings. The zero-order valence-electron chi connectivity index (χ0n) is 8.18. The number of allylic oxidation sites excluding steroid dienone is 1. The van der Waals surface area contributed by atoms with Gasteiger partial charge in [-0.15, -0.1) is 0 Å². The largest absolute Gasteiger partial charge is 0.349 e. The number of piperidine rings is 1. The Morgan fingerprint density at radius 3 is 3.15 bits per heavy atom. The third-order valence-electron chi connectivity index (χ3n) is 2.15. The lowest BCUT2D eigenvalue weighted by atomic mass is 10.1. The van der Waals surface area contributed by atoms with E-state index in [-0.39, 0.29) is 5.91 Å². The predicted octanol–water partition coefficient (Wildman–Crippen LogP) is 0.821. The molecule has 3 heteroatoms. The normalized spacial score (nSPS) is 23.3. The summed E-state index contributed by atoms with van der Waals surface area (Å²) in [5.74, 6) is 0.0375. The molecule has 0 unspecified atom stereocenters. The first-order valence-electron chi connectivity index (χ1n) is 5.00. The maximum atomic E-state index is 11.2. The molecule has 1 atom stereocenters. The summed E-state index contributed by atoms with van der Waals surface area (Å²) in [6.07, 6.45) is 6.66. The van der Waals surface area contributed by atoms with E-state index < -0.39 is 0 Å². The van der Waals surface area contributed by atoms with Gasteiger partial charge in [-0.3, -0.25) is 4.79 Å². The van der Waals surface area contributed by atoms with Crippen LogP contribution in [0.2, 0.25) is 0 Å². The third kappa shape index (κ3) is 4.08. The Bertz CT molecular complexity index is 183. The maximum Gasteiger partial charge on any atom is 0.243 e. The molecule has 0 aliphatic carbocycles. The van der Waals surface area contributed by atoms with Crippen molar-refractivity contribution in [1.82, 2.24) is 10.6 Å². The van der Waals surface area contributed by atoms with Crippen molar-refractivity contribution < 1.29 is 4.79 Å². The van der Waals surface area contributed by atoms with E-state index in [2.05, 4.69) is 10.6 Å². The highest BCUT2D eigenvalue weighted by atomic mass is 16.1. The van der Waals surface area contributed by atoms with Gasteiger partial charge in [0.05, 0.1) is 0 Å². The Kier molecular flexibility index (Phi) is 4.54. The van der Waals surface area contributed by atoms with Crippen LogP contribution in [0.3, 0.4) is 0 Å². The van der Waals surface area contributed by atoms with Crippen molar-refractivity contribution in [2.45, 2.75) is 32.2 Å². The van der Waals surface area contributed by atoms with Gasteiger partial charge in [-0.1, -0.05) is 13.0 Å². The second-order valence-corrected chi connectivity index (χ2v) is 3.36. The summed E-state index contributed by atoms with van der Waals surface area (Å²) in [6, 6.07) is 0.322. The van der Waals surface area contributed by atoms with Crippen molar-refractivity contribution in [1.29, 1.82) is 0 Å². The molecule has 1 heterocycles. The van der Waals surface area contributed by atoms with Gasteiger partial charge in [-0.2, -0.15) is 0 Å². The van der Waals surface area contributed by atoms with Crippen LogP contribution in [0.25, 0.3) is 0 Å². The number of hydrogen-bond donors (Lipinski definition) is 2. The number of rotatable bonds is 3. The Balaban J connectivity index is 2.22. The Morgan fingerprint density at radius 1 is 1.69 bits per heavy atom. The highest BCUT2D eigenvalue weighted by Gasteiger charge is 2.13. The smallest absolute Gasteiger partial charge is 0.243 e. The van der Waals surface area contributed by atoms with E-state index in [0.717, 1.165) is 32.4 Å². The molecule has 2 N–H and O–H groups in total. The van der Waals surface area contributed by atoms with Crippen molar-refractivity contribution in [3.05, 3.63) is 12.2 Å². The van der Waals surface area contributed by atoms with Crippen LogP contribution in [-0.4, -0.2) is 25.0 Å². The van der Waals surface area contributed by atoms with Crippen LogP contribution in [0, 0.1) is 0 Å². The number of hydrogen-bond acceptors (Lipinski definition) is 2. The predicted molar refractivity (Wildman–Crippen MR) is 53.5 cm³/mol. The molecule has 1 saturated heterocycles. The number of nitrogens with one attached hydrogen (secondary N) is 2. The summed E-state index contributed by atoms with van der Waals surface area (Å²) in [7, 11) is 0. The standard InChI is InChI=1S/C10H18N2O/c1-2-3-6-10(13)12-9-5-4-7-11-8-9/h3,6,9,11H,2,4-5,7-8H2,1H3,(H,12,13)/b6-3+/t9-/m0/s1. The van der Waals surface area contributed by atoms with Crippen molar-refractivity contribution in [2.75, 3.05) is 13.1 Å². The lowest BCUT2D eigenvalue weighted by Gasteiger charge is -2.23. The Labute approximate surface area is 79.6 Å². The summed E-state index contributed by atoms with van der Waals surface area (Å²) >= 11 is 0. The molecule has 0 aromatic carbocycles. The molecule has 13 heavy (non-hydrogen) atoms. The van der Waals surface area contributed by atoms with Crippen LogP contribution in [0.1, 0.15) is 26.2 Å². The van der Waals surface area contributed by atoms with Crippen molar-refractivity contribution in [3.8, 4) is 0 Å². The average Bonchev–Trinajstić information content (AvgIpc) is 2.16. The topological polar surface area (TPSA) is 41.1 Å². The van der Waals surface area contributed by atoms with Gasteiger partial charge in [-0.25, -0.2) is 0 Å². The highest BCUT2D eigenvalue weighted by Crippen LogP contribution is 2.00. The van der Waals surface area contributed by atoms with E-state index in [0.29, 0.717) is 6.04 Å². The molecule has 0 saturated carbocycles. The minimum absolute atomic E-state index is 0.0375. The molecule has 1 rings (SSSR count). The first-order valence-corrected chi connectivity index (χ1v) is 5.00. The van der Waals surface area contributed by atoms with Crippen LogP contribution in [-0.2, 0) is 4.79 Å². The number of amides is 1. The highest BCUT2D eigenvalue weighted by molar-refractivity contribution is 5.87. The van der Waals surface area contributed by atoms with Gasteiger partial charge in [0.15, 0.2) is 0 Å². The van der Waals surface area contributed by atoms with Crippen LogP contribution in [0.15, 0.2) is 12.2 Å². The third-order valence-corrected chi connectivity index (χ3v) is 2.15. The Morgan fingerprint density at radius 2 is 2.54 bits per heavy atom. The van der Waals surface area contributed by atoms with E-state index >= 15 is 0 Å². The SMILES string of the molecule is CC/C=C/C(=O)N[C@H]1CCCNC1. The van der Waals surface area contributed by atoms with Crippen LogP contribution in [0.4, 0.5) is 0 Å². The summed E-state index contributed by atoms with van der Waals surface area (Å²) in [5.41, 5.74) is 0.